The van der Waals surface area contributed by atoms with Crippen molar-refractivity contribution >= 4 is 14.2 Å². The second kappa shape index (κ2) is 8.46. The van der Waals surface area contributed by atoms with Crippen molar-refractivity contribution in [3.05, 3.63) is 48.3 Å². The van der Waals surface area contributed by atoms with Crippen LogP contribution in [0.25, 0.3) is 11.1 Å². The lowest BCUT2D eigenvalue weighted by Crippen LogP contribution is -2.46. The molecule has 0 saturated carbocycles. The van der Waals surface area contributed by atoms with Crippen molar-refractivity contribution in [2.24, 2.45) is 0 Å². The zero-order valence-corrected chi connectivity index (χ0v) is 19.7. The van der Waals surface area contributed by atoms with E-state index in [1.54, 1.807) is 0 Å². The largest absolute Gasteiger partial charge is 0.397 e. The first-order valence-corrected chi connectivity index (χ1v) is 13.5. The number of nitrogens with zero attached hydrogens (tertiary/aromatic N) is 2. The molecule has 1 saturated heterocycles. The van der Waals surface area contributed by atoms with E-state index in [0.717, 1.165) is 42.9 Å². The number of rotatable bonds is 5. The molecule has 1 amide bonds. The summed E-state index contributed by atoms with van der Waals surface area (Å²) in [6.45, 7) is 16.5. The molecular formula is C23H35N3O2Si. The molecule has 6 heteroatoms. The van der Waals surface area contributed by atoms with Gasteiger partial charge in [-0.2, -0.15) is 0 Å². The third-order valence-corrected chi connectivity index (χ3v) is 10.8. The summed E-state index contributed by atoms with van der Waals surface area (Å²) in [5.41, 5.74) is 2.79. The van der Waals surface area contributed by atoms with E-state index in [2.05, 4.69) is 69.0 Å². The highest BCUT2D eigenvalue weighted by Gasteiger charge is 2.39. The molecule has 2 heterocycles. The Labute approximate surface area is 176 Å². The average molecular weight is 414 g/mol. The third-order valence-electron chi connectivity index (χ3n) is 6.26. The number of aromatic nitrogens is 1. The number of amides is 1. The lowest BCUT2D eigenvalue weighted by atomic mass is 10.0. The second-order valence-corrected chi connectivity index (χ2v) is 14.2. The number of benzene rings is 1. The van der Waals surface area contributed by atoms with Gasteiger partial charge in [-0.15, -0.1) is 0 Å². The summed E-state index contributed by atoms with van der Waals surface area (Å²) in [6.07, 6.45) is 3.93. The lowest BCUT2D eigenvalue weighted by Gasteiger charge is -2.38. The van der Waals surface area contributed by atoms with Gasteiger partial charge in [0.25, 0.3) is 5.91 Å². The summed E-state index contributed by atoms with van der Waals surface area (Å²) in [7, 11) is -1.92. The molecule has 1 aliphatic rings. The summed E-state index contributed by atoms with van der Waals surface area (Å²) >= 11 is 0. The summed E-state index contributed by atoms with van der Waals surface area (Å²) in [5.74, 6) is 0.101. The van der Waals surface area contributed by atoms with Crippen molar-refractivity contribution in [2.75, 3.05) is 26.2 Å². The first-order valence-electron chi connectivity index (χ1n) is 10.5. The van der Waals surface area contributed by atoms with Gasteiger partial charge in [0.2, 0.25) is 0 Å². The minimum Gasteiger partial charge on any atom is -0.397 e. The minimum absolute atomic E-state index is 0.101. The van der Waals surface area contributed by atoms with Crippen LogP contribution in [0.5, 0.6) is 0 Å². The zero-order valence-electron chi connectivity index (χ0n) is 18.7. The Morgan fingerprint density at radius 3 is 2.31 bits per heavy atom. The van der Waals surface area contributed by atoms with Crippen molar-refractivity contribution in [3.8, 4) is 11.1 Å². The first kappa shape index (κ1) is 21.8. The van der Waals surface area contributed by atoms with E-state index in [0.29, 0.717) is 0 Å². The Balaban J connectivity index is 1.95. The van der Waals surface area contributed by atoms with Crippen LogP contribution in [0.3, 0.4) is 0 Å². The summed E-state index contributed by atoms with van der Waals surface area (Å²) < 4.78 is 8.65. The highest BCUT2D eigenvalue weighted by Crippen LogP contribution is 2.39. The van der Waals surface area contributed by atoms with Crippen LogP contribution in [0.2, 0.25) is 18.1 Å². The Morgan fingerprint density at radius 2 is 1.72 bits per heavy atom. The Morgan fingerprint density at radius 1 is 1.10 bits per heavy atom. The summed E-state index contributed by atoms with van der Waals surface area (Å²) in [6, 6.07) is 10.2. The van der Waals surface area contributed by atoms with Gasteiger partial charge in [0.15, 0.2) is 8.32 Å². The van der Waals surface area contributed by atoms with Gasteiger partial charge in [-0.25, -0.2) is 0 Å². The van der Waals surface area contributed by atoms with Crippen LogP contribution in [-0.2, 0) is 4.43 Å². The molecule has 2 aromatic rings. The summed E-state index contributed by atoms with van der Waals surface area (Å²) in [5, 5.41) is 3.45. The van der Waals surface area contributed by atoms with E-state index in [4.69, 9.17) is 4.43 Å². The molecule has 1 unspecified atom stereocenters. The molecule has 1 aromatic heterocycles. The topological polar surface area (TPSA) is 46.5 Å². The summed E-state index contributed by atoms with van der Waals surface area (Å²) in [4.78, 5) is 15.3. The quantitative estimate of drug-likeness (QED) is 0.720. The molecule has 0 radical (unpaired) electrons. The molecule has 1 aromatic carbocycles. The van der Waals surface area contributed by atoms with Crippen LogP contribution in [0.15, 0.2) is 42.7 Å². The van der Waals surface area contributed by atoms with Crippen molar-refractivity contribution in [3.63, 3.8) is 0 Å². The van der Waals surface area contributed by atoms with Gasteiger partial charge in [0, 0.05) is 44.1 Å². The molecule has 3 rings (SSSR count). The maximum atomic E-state index is 13.3. The fourth-order valence-corrected chi connectivity index (χ4v) is 4.73. The van der Waals surface area contributed by atoms with Gasteiger partial charge < -0.3 is 19.2 Å². The van der Waals surface area contributed by atoms with Crippen molar-refractivity contribution in [1.82, 2.24) is 14.8 Å². The van der Waals surface area contributed by atoms with Crippen LogP contribution in [0.1, 0.15) is 44.3 Å². The molecule has 29 heavy (non-hydrogen) atoms. The van der Waals surface area contributed by atoms with E-state index < -0.39 is 8.32 Å². The number of carbonyl (C=O) groups is 1. The number of hydrogen-bond acceptors (Lipinski definition) is 3. The first-order chi connectivity index (χ1) is 13.6. The lowest BCUT2D eigenvalue weighted by molar-refractivity contribution is 0.0735. The minimum atomic E-state index is -1.92. The number of nitrogens with one attached hydrogen (secondary N) is 1. The van der Waals surface area contributed by atoms with Gasteiger partial charge in [0.1, 0.15) is 6.23 Å². The molecule has 1 N–H and O–H groups in total. The van der Waals surface area contributed by atoms with Gasteiger partial charge in [-0.05, 0) is 30.6 Å². The third kappa shape index (κ3) is 4.82. The molecule has 0 bridgehead atoms. The highest BCUT2D eigenvalue weighted by atomic mass is 28.4. The van der Waals surface area contributed by atoms with E-state index in [9.17, 15) is 4.79 Å². The normalized spacial score (nSPS) is 16.7. The van der Waals surface area contributed by atoms with Crippen LogP contribution in [-0.4, -0.2) is 49.9 Å². The molecule has 1 atom stereocenters. The predicted molar refractivity (Wildman–Crippen MR) is 122 cm³/mol. The predicted octanol–water partition coefficient (Wildman–Crippen LogP) is 4.74. The number of carbonyl (C=O) groups excluding carboxylic acids is 1. The Bertz CT molecular complexity index is 834. The Kier molecular flexibility index (Phi) is 6.36. The molecule has 1 fully saturated rings. The van der Waals surface area contributed by atoms with Gasteiger partial charge in [-0.3, -0.25) is 4.79 Å². The highest BCUT2D eigenvalue weighted by molar-refractivity contribution is 6.74. The fourth-order valence-electron chi connectivity index (χ4n) is 3.40. The molecule has 1 aliphatic heterocycles. The van der Waals surface area contributed by atoms with Gasteiger partial charge in [-0.1, -0.05) is 51.1 Å². The van der Waals surface area contributed by atoms with Crippen LogP contribution < -0.4 is 5.32 Å². The zero-order chi connectivity index (χ0) is 21.2. The van der Waals surface area contributed by atoms with Crippen molar-refractivity contribution < 1.29 is 9.22 Å². The van der Waals surface area contributed by atoms with Crippen LogP contribution in [0, 0.1) is 0 Å². The van der Waals surface area contributed by atoms with Gasteiger partial charge in [0.05, 0.1) is 5.56 Å². The smallest absolute Gasteiger partial charge is 0.256 e. The molecule has 5 nitrogen and oxygen atoms in total. The Hall–Kier alpha value is -1.89. The molecular weight excluding hydrogens is 378 g/mol. The van der Waals surface area contributed by atoms with Crippen LogP contribution >= 0.6 is 0 Å². The van der Waals surface area contributed by atoms with Crippen LogP contribution in [0.4, 0.5) is 0 Å². The van der Waals surface area contributed by atoms with E-state index in [-0.39, 0.29) is 17.2 Å². The van der Waals surface area contributed by atoms with Gasteiger partial charge >= 0.3 is 0 Å². The van der Waals surface area contributed by atoms with E-state index >= 15 is 0 Å². The average Bonchev–Trinajstić information content (AvgIpc) is 3.13. The molecule has 158 valence electrons. The van der Waals surface area contributed by atoms with Crippen molar-refractivity contribution in [2.45, 2.75) is 52.1 Å². The molecule has 0 spiro atoms. The van der Waals surface area contributed by atoms with E-state index in [1.807, 2.05) is 29.3 Å². The van der Waals surface area contributed by atoms with Crippen molar-refractivity contribution in [1.29, 1.82) is 0 Å². The molecule has 0 aliphatic carbocycles. The number of piperazine rings is 1. The fraction of sp³-hybridized carbons (Fsp3) is 0.522. The maximum Gasteiger partial charge on any atom is 0.256 e. The maximum absolute atomic E-state index is 13.3. The second-order valence-electron chi connectivity index (χ2n) is 9.42. The monoisotopic (exact) mass is 413 g/mol. The van der Waals surface area contributed by atoms with E-state index in [1.165, 1.54) is 0 Å². The SMILES string of the molecule is CC(O[Si](C)(C)C(C)(C)C)n1cc(C(=O)N2CCNCC2)c(-c2ccccc2)c1. The number of hydrogen-bond donors (Lipinski definition) is 1. The standard InChI is InChI=1S/C23H35N3O2Si/c1-18(28-29(5,6)23(2,3)4)26-16-20(19-10-8-7-9-11-19)21(17-26)22(27)25-14-12-24-13-15-25/h7-11,16-18,24H,12-15H2,1-6H3.